The fourth-order valence-corrected chi connectivity index (χ4v) is 2.20. The van der Waals surface area contributed by atoms with E-state index in [0.717, 1.165) is 18.1 Å². The van der Waals surface area contributed by atoms with Crippen LogP contribution in [-0.2, 0) is 11.3 Å². The Labute approximate surface area is 121 Å². The molecule has 1 aliphatic carbocycles. The van der Waals surface area contributed by atoms with Crippen molar-refractivity contribution in [3.63, 3.8) is 0 Å². The lowest BCUT2D eigenvalue weighted by molar-refractivity contribution is 0.0324. The summed E-state index contributed by atoms with van der Waals surface area (Å²) >= 11 is 3.27. The molecule has 0 aliphatic heterocycles. The second kappa shape index (κ2) is 7.24. The van der Waals surface area contributed by atoms with Crippen molar-refractivity contribution in [1.29, 1.82) is 0 Å². The van der Waals surface area contributed by atoms with Crippen molar-refractivity contribution in [2.75, 3.05) is 19.8 Å². The fourth-order valence-electron chi connectivity index (χ4n) is 1.79. The molecular formula is C14H20BrNO3. The lowest BCUT2D eigenvalue weighted by Gasteiger charge is -2.13. The molecule has 5 heteroatoms. The van der Waals surface area contributed by atoms with Crippen LogP contribution in [0.2, 0.25) is 0 Å². The Morgan fingerprint density at radius 1 is 1.42 bits per heavy atom. The molecule has 1 aromatic rings. The maximum Gasteiger partial charge on any atom is 0.134 e. The van der Waals surface area contributed by atoms with Crippen LogP contribution in [0.3, 0.4) is 0 Å². The standard InChI is InChI=1S/C14H20BrNO3/c15-13-3-1-2-11(14(13)18)6-16-7-12(17)9-19-8-10-4-5-10/h1-3,10,12,16-18H,4-9H2. The second-order valence-electron chi connectivity index (χ2n) is 5.01. The van der Waals surface area contributed by atoms with Gasteiger partial charge in [0.2, 0.25) is 0 Å². The van der Waals surface area contributed by atoms with Gasteiger partial charge in [0.1, 0.15) is 5.75 Å². The third-order valence-electron chi connectivity index (χ3n) is 3.13. The smallest absolute Gasteiger partial charge is 0.134 e. The summed E-state index contributed by atoms with van der Waals surface area (Å²) in [5.74, 6) is 0.966. The van der Waals surface area contributed by atoms with E-state index >= 15 is 0 Å². The number of hydrogen-bond donors (Lipinski definition) is 3. The number of para-hydroxylation sites is 1. The second-order valence-corrected chi connectivity index (χ2v) is 5.87. The first-order valence-electron chi connectivity index (χ1n) is 6.59. The highest BCUT2D eigenvalue weighted by Gasteiger charge is 2.21. The lowest BCUT2D eigenvalue weighted by atomic mass is 10.2. The molecule has 1 aromatic carbocycles. The molecule has 0 saturated heterocycles. The Bertz CT molecular complexity index is 410. The number of aromatic hydroxyl groups is 1. The molecule has 1 aliphatic rings. The number of aliphatic hydroxyl groups is 1. The zero-order valence-corrected chi connectivity index (χ0v) is 12.4. The molecule has 4 nitrogen and oxygen atoms in total. The molecule has 0 aromatic heterocycles. The molecule has 1 unspecified atom stereocenters. The van der Waals surface area contributed by atoms with Crippen molar-refractivity contribution in [1.82, 2.24) is 5.32 Å². The normalized spacial score (nSPS) is 16.5. The molecule has 0 amide bonds. The minimum atomic E-state index is -0.506. The molecule has 1 saturated carbocycles. The third kappa shape index (κ3) is 5.10. The summed E-state index contributed by atoms with van der Waals surface area (Å²) in [4.78, 5) is 0. The number of halogens is 1. The monoisotopic (exact) mass is 329 g/mol. The lowest BCUT2D eigenvalue weighted by Crippen LogP contribution is -2.30. The van der Waals surface area contributed by atoms with Crippen LogP contribution in [0.25, 0.3) is 0 Å². The molecular weight excluding hydrogens is 310 g/mol. The first kappa shape index (κ1) is 14.8. The molecule has 0 heterocycles. The number of rotatable bonds is 8. The van der Waals surface area contributed by atoms with Gasteiger partial charge in [0.25, 0.3) is 0 Å². The fraction of sp³-hybridized carbons (Fsp3) is 0.571. The highest BCUT2D eigenvalue weighted by molar-refractivity contribution is 9.10. The van der Waals surface area contributed by atoms with Crippen LogP contribution in [0.5, 0.6) is 5.75 Å². The molecule has 1 fully saturated rings. The van der Waals surface area contributed by atoms with Crippen LogP contribution < -0.4 is 5.32 Å². The largest absolute Gasteiger partial charge is 0.506 e. The third-order valence-corrected chi connectivity index (χ3v) is 3.77. The molecule has 2 rings (SSSR count). The van der Waals surface area contributed by atoms with E-state index in [-0.39, 0.29) is 5.75 Å². The van der Waals surface area contributed by atoms with E-state index in [1.807, 2.05) is 12.1 Å². The number of ether oxygens (including phenoxy) is 1. The van der Waals surface area contributed by atoms with Gasteiger partial charge in [-0.15, -0.1) is 0 Å². The minimum absolute atomic E-state index is 0.245. The zero-order chi connectivity index (χ0) is 13.7. The summed E-state index contributed by atoms with van der Waals surface area (Å²) in [7, 11) is 0. The molecule has 0 radical (unpaired) electrons. The number of phenolic OH excluding ortho intramolecular Hbond substituents is 1. The number of aliphatic hydroxyl groups excluding tert-OH is 1. The Morgan fingerprint density at radius 2 is 2.21 bits per heavy atom. The van der Waals surface area contributed by atoms with Crippen molar-refractivity contribution in [2.24, 2.45) is 5.92 Å². The first-order chi connectivity index (χ1) is 9.16. The summed E-state index contributed by atoms with van der Waals surface area (Å²) in [6.07, 6.45) is 2.01. The minimum Gasteiger partial charge on any atom is -0.506 e. The van der Waals surface area contributed by atoms with Gasteiger partial charge < -0.3 is 20.3 Å². The molecule has 1 atom stereocenters. The highest BCUT2D eigenvalue weighted by atomic mass is 79.9. The van der Waals surface area contributed by atoms with Gasteiger partial charge in [0.15, 0.2) is 0 Å². The highest BCUT2D eigenvalue weighted by Crippen LogP contribution is 2.29. The summed E-state index contributed by atoms with van der Waals surface area (Å²) in [5, 5.41) is 22.6. The van der Waals surface area contributed by atoms with E-state index in [2.05, 4.69) is 21.2 Å². The van der Waals surface area contributed by atoms with Crippen LogP contribution in [0.1, 0.15) is 18.4 Å². The Kier molecular flexibility index (Phi) is 5.63. The van der Waals surface area contributed by atoms with E-state index in [9.17, 15) is 10.2 Å². The zero-order valence-electron chi connectivity index (χ0n) is 10.8. The number of hydrogen-bond acceptors (Lipinski definition) is 4. The molecule has 0 spiro atoms. The quantitative estimate of drug-likeness (QED) is 0.683. The van der Waals surface area contributed by atoms with Gasteiger partial charge in [-0.05, 0) is 40.8 Å². The molecule has 0 bridgehead atoms. The topological polar surface area (TPSA) is 61.7 Å². The van der Waals surface area contributed by atoms with Gasteiger partial charge in [0.05, 0.1) is 17.2 Å². The Hall–Kier alpha value is -0.620. The van der Waals surface area contributed by atoms with E-state index in [4.69, 9.17) is 4.74 Å². The predicted octanol–water partition coefficient (Wildman–Crippen LogP) is 2.03. The van der Waals surface area contributed by atoms with Gasteiger partial charge in [-0.2, -0.15) is 0 Å². The molecule has 19 heavy (non-hydrogen) atoms. The van der Waals surface area contributed by atoms with Gasteiger partial charge in [-0.1, -0.05) is 12.1 Å². The number of benzene rings is 1. The van der Waals surface area contributed by atoms with Gasteiger partial charge in [0, 0.05) is 25.3 Å². The van der Waals surface area contributed by atoms with Crippen LogP contribution in [0, 0.1) is 5.92 Å². The van der Waals surface area contributed by atoms with Crippen LogP contribution >= 0.6 is 15.9 Å². The summed E-state index contributed by atoms with van der Waals surface area (Å²) in [6, 6.07) is 5.51. The summed E-state index contributed by atoms with van der Waals surface area (Å²) in [6.45, 7) is 2.11. The van der Waals surface area contributed by atoms with Crippen molar-refractivity contribution in [3.05, 3.63) is 28.2 Å². The van der Waals surface area contributed by atoms with Crippen molar-refractivity contribution >= 4 is 15.9 Å². The van der Waals surface area contributed by atoms with E-state index in [0.29, 0.717) is 24.2 Å². The summed E-state index contributed by atoms with van der Waals surface area (Å²) in [5.41, 5.74) is 0.806. The van der Waals surface area contributed by atoms with Crippen LogP contribution in [0.4, 0.5) is 0 Å². The average Bonchev–Trinajstić information content (AvgIpc) is 3.19. The Morgan fingerprint density at radius 3 is 2.95 bits per heavy atom. The van der Waals surface area contributed by atoms with Crippen molar-refractivity contribution in [3.8, 4) is 5.75 Å². The van der Waals surface area contributed by atoms with Crippen LogP contribution in [0.15, 0.2) is 22.7 Å². The first-order valence-corrected chi connectivity index (χ1v) is 7.39. The number of phenols is 1. The SMILES string of the molecule is Oc1c(Br)cccc1CNCC(O)COCC1CC1. The average molecular weight is 330 g/mol. The van der Waals surface area contributed by atoms with Gasteiger partial charge >= 0.3 is 0 Å². The Balaban J connectivity index is 1.63. The van der Waals surface area contributed by atoms with Gasteiger partial charge in [-0.3, -0.25) is 0 Å². The maximum absolute atomic E-state index is 9.80. The van der Waals surface area contributed by atoms with E-state index < -0.39 is 6.10 Å². The molecule has 3 N–H and O–H groups in total. The van der Waals surface area contributed by atoms with Gasteiger partial charge in [-0.25, -0.2) is 0 Å². The van der Waals surface area contributed by atoms with Crippen molar-refractivity contribution < 1.29 is 14.9 Å². The van der Waals surface area contributed by atoms with Crippen molar-refractivity contribution in [2.45, 2.75) is 25.5 Å². The predicted molar refractivity (Wildman–Crippen MR) is 77.1 cm³/mol. The molecule has 106 valence electrons. The van der Waals surface area contributed by atoms with E-state index in [1.165, 1.54) is 12.8 Å². The summed E-state index contributed by atoms with van der Waals surface area (Å²) < 4.78 is 6.10. The van der Waals surface area contributed by atoms with Crippen LogP contribution in [-0.4, -0.2) is 36.1 Å². The number of nitrogens with one attached hydrogen (secondary N) is 1. The van der Waals surface area contributed by atoms with E-state index in [1.54, 1.807) is 6.07 Å². The maximum atomic E-state index is 9.80.